The standard InChI is InChI=1S/C14H20FNO2/c15-12-7-11(4-5-16)8-14(9-12)18-10-13-3-1-2-6-17-13/h7-9,13H,1-6,10,16H2. The van der Waals surface area contributed by atoms with Gasteiger partial charge in [-0.25, -0.2) is 4.39 Å². The zero-order valence-electron chi connectivity index (χ0n) is 10.5. The summed E-state index contributed by atoms with van der Waals surface area (Å²) in [4.78, 5) is 0. The minimum Gasteiger partial charge on any atom is -0.491 e. The molecule has 4 heteroatoms. The molecule has 0 bridgehead atoms. The second kappa shape index (κ2) is 6.71. The largest absolute Gasteiger partial charge is 0.491 e. The maximum absolute atomic E-state index is 13.4. The summed E-state index contributed by atoms with van der Waals surface area (Å²) in [5.41, 5.74) is 6.34. The summed E-state index contributed by atoms with van der Waals surface area (Å²) in [5, 5.41) is 0. The van der Waals surface area contributed by atoms with E-state index in [1.165, 1.54) is 18.6 Å². The Morgan fingerprint density at radius 3 is 2.94 bits per heavy atom. The van der Waals surface area contributed by atoms with Gasteiger partial charge in [-0.2, -0.15) is 0 Å². The Balaban J connectivity index is 1.91. The summed E-state index contributed by atoms with van der Waals surface area (Å²) in [6.07, 6.45) is 4.12. The highest BCUT2D eigenvalue weighted by molar-refractivity contribution is 5.29. The highest BCUT2D eigenvalue weighted by Gasteiger charge is 2.14. The van der Waals surface area contributed by atoms with E-state index < -0.39 is 0 Å². The number of nitrogens with two attached hydrogens (primary N) is 1. The number of ether oxygens (including phenoxy) is 2. The van der Waals surface area contributed by atoms with E-state index in [1.807, 2.05) is 6.07 Å². The first kappa shape index (κ1) is 13.3. The molecule has 2 N–H and O–H groups in total. The SMILES string of the molecule is NCCc1cc(F)cc(OCC2CCCCO2)c1. The fourth-order valence-corrected chi connectivity index (χ4v) is 2.14. The van der Waals surface area contributed by atoms with Gasteiger partial charge in [0.1, 0.15) is 18.2 Å². The maximum atomic E-state index is 13.4. The zero-order valence-corrected chi connectivity index (χ0v) is 10.5. The Hall–Kier alpha value is -1.13. The van der Waals surface area contributed by atoms with Crippen LogP contribution in [0, 0.1) is 5.82 Å². The van der Waals surface area contributed by atoms with Crippen molar-refractivity contribution in [1.82, 2.24) is 0 Å². The lowest BCUT2D eigenvalue weighted by Gasteiger charge is -2.22. The van der Waals surface area contributed by atoms with Gasteiger partial charge in [0.05, 0.1) is 6.10 Å². The summed E-state index contributed by atoms with van der Waals surface area (Å²) in [6.45, 7) is 1.80. The third-order valence-electron chi connectivity index (χ3n) is 3.07. The zero-order chi connectivity index (χ0) is 12.8. The third kappa shape index (κ3) is 3.96. The number of hydrogen-bond acceptors (Lipinski definition) is 3. The van der Waals surface area contributed by atoms with Gasteiger partial charge in [0.15, 0.2) is 0 Å². The molecule has 1 atom stereocenters. The molecule has 1 saturated heterocycles. The molecule has 1 unspecified atom stereocenters. The molecule has 0 aromatic heterocycles. The van der Waals surface area contributed by atoms with Gasteiger partial charge in [-0.05, 0) is 49.9 Å². The Kier molecular flexibility index (Phi) is 4.96. The molecular weight excluding hydrogens is 233 g/mol. The van der Waals surface area contributed by atoms with Crippen molar-refractivity contribution in [3.05, 3.63) is 29.6 Å². The Morgan fingerprint density at radius 2 is 2.22 bits per heavy atom. The van der Waals surface area contributed by atoms with Crippen molar-refractivity contribution in [2.45, 2.75) is 31.8 Å². The molecule has 0 amide bonds. The molecule has 1 aliphatic rings. The van der Waals surface area contributed by atoms with E-state index in [0.717, 1.165) is 25.0 Å². The molecule has 1 aliphatic heterocycles. The molecule has 100 valence electrons. The first-order valence-electron chi connectivity index (χ1n) is 6.52. The normalized spacial score (nSPS) is 19.8. The quantitative estimate of drug-likeness (QED) is 0.875. The van der Waals surface area contributed by atoms with Crippen molar-refractivity contribution >= 4 is 0 Å². The molecule has 0 saturated carbocycles. The van der Waals surface area contributed by atoms with Crippen molar-refractivity contribution in [3.63, 3.8) is 0 Å². The molecule has 1 heterocycles. The monoisotopic (exact) mass is 253 g/mol. The predicted octanol–water partition coefficient (Wildman–Crippen LogP) is 2.27. The summed E-state index contributed by atoms with van der Waals surface area (Å²) in [6, 6.07) is 4.75. The average Bonchev–Trinajstić information content (AvgIpc) is 2.37. The summed E-state index contributed by atoms with van der Waals surface area (Å²) in [5.74, 6) is 0.285. The van der Waals surface area contributed by atoms with Gasteiger partial charge >= 0.3 is 0 Å². The summed E-state index contributed by atoms with van der Waals surface area (Å²) < 4.78 is 24.5. The minimum atomic E-state index is -0.277. The Bertz CT molecular complexity index is 378. The minimum absolute atomic E-state index is 0.139. The van der Waals surface area contributed by atoms with Crippen LogP contribution in [0.1, 0.15) is 24.8 Å². The van der Waals surface area contributed by atoms with Gasteiger partial charge < -0.3 is 15.2 Å². The fourth-order valence-electron chi connectivity index (χ4n) is 2.14. The van der Waals surface area contributed by atoms with Gasteiger partial charge in [0.25, 0.3) is 0 Å². The van der Waals surface area contributed by atoms with Crippen molar-refractivity contribution in [3.8, 4) is 5.75 Å². The van der Waals surface area contributed by atoms with Gasteiger partial charge in [-0.1, -0.05) is 0 Å². The Labute approximate surface area is 107 Å². The van der Waals surface area contributed by atoms with Crippen molar-refractivity contribution in [1.29, 1.82) is 0 Å². The molecule has 0 spiro atoms. The van der Waals surface area contributed by atoms with E-state index in [9.17, 15) is 4.39 Å². The lowest BCUT2D eigenvalue weighted by molar-refractivity contribution is -0.0111. The van der Waals surface area contributed by atoms with E-state index >= 15 is 0 Å². The molecule has 0 aliphatic carbocycles. The summed E-state index contributed by atoms with van der Waals surface area (Å²) in [7, 11) is 0. The Morgan fingerprint density at radius 1 is 1.33 bits per heavy atom. The van der Waals surface area contributed by atoms with Gasteiger partial charge in [0.2, 0.25) is 0 Å². The van der Waals surface area contributed by atoms with Crippen LogP contribution in [0.4, 0.5) is 4.39 Å². The number of benzene rings is 1. The van der Waals surface area contributed by atoms with E-state index in [-0.39, 0.29) is 11.9 Å². The highest BCUT2D eigenvalue weighted by Crippen LogP contribution is 2.19. The van der Waals surface area contributed by atoms with Crippen LogP contribution in [-0.2, 0) is 11.2 Å². The van der Waals surface area contributed by atoms with Crippen LogP contribution >= 0.6 is 0 Å². The predicted molar refractivity (Wildman–Crippen MR) is 68.2 cm³/mol. The molecule has 18 heavy (non-hydrogen) atoms. The van der Waals surface area contributed by atoms with E-state index in [1.54, 1.807) is 0 Å². The van der Waals surface area contributed by atoms with E-state index in [4.69, 9.17) is 15.2 Å². The maximum Gasteiger partial charge on any atom is 0.127 e. The van der Waals surface area contributed by atoms with Crippen LogP contribution in [0.25, 0.3) is 0 Å². The third-order valence-corrected chi connectivity index (χ3v) is 3.07. The number of halogens is 1. The van der Waals surface area contributed by atoms with Gasteiger partial charge in [0, 0.05) is 12.7 Å². The van der Waals surface area contributed by atoms with Crippen molar-refractivity contribution in [2.24, 2.45) is 5.73 Å². The van der Waals surface area contributed by atoms with Crippen LogP contribution in [0.5, 0.6) is 5.75 Å². The first-order valence-corrected chi connectivity index (χ1v) is 6.52. The highest BCUT2D eigenvalue weighted by atomic mass is 19.1. The average molecular weight is 253 g/mol. The van der Waals surface area contributed by atoms with Crippen LogP contribution in [-0.4, -0.2) is 25.9 Å². The van der Waals surface area contributed by atoms with Crippen LogP contribution < -0.4 is 10.5 Å². The molecular formula is C14H20FNO2. The van der Waals surface area contributed by atoms with Gasteiger partial charge in [-0.3, -0.25) is 0 Å². The molecule has 1 aromatic carbocycles. The first-order chi connectivity index (χ1) is 8.78. The lowest BCUT2D eigenvalue weighted by Crippen LogP contribution is -2.25. The molecule has 0 radical (unpaired) electrons. The van der Waals surface area contributed by atoms with Crippen LogP contribution in [0.15, 0.2) is 18.2 Å². The molecule has 1 aromatic rings. The van der Waals surface area contributed by atoms with E-state index in [2.05, 4.69) is 0 Å². The van der Waals surface area contributed by atoms with Gasteiger partial charge in [-0.15, -0.1) is 0 Å². The smallest absolute Gasteiger partial charge is 0.127 e. The second-order valence-corrected chi connectivity index (χ2v) is 4.63. The number of rotatable bonds is 5. The topological polar surface area (TPSA) is 44.5 Å². The molecule has 1 fully saturated rings. The number of hydrogen-bond donors (Lipinski definition) is 1. The van der Waals surface area contributed by atoms with Crippen LogP contribution in [0.2, 0.25) is 0 Å². The lowest BCUT2D eigenvalue weighted by atomic mass is 10.1. The second-order valence-electron chi connectivity index (χ2n) is 4.63. The molecule has 2 rings (SSSR count). The van der Waals surface area contributed by atoms with Crippen LogP contribution in [0.3, 0.4) is 0 Å². The fraction of sp³-hybridized carbons (Fsp3) is 0.571. The van der Waals surface area contributed by atoms with Crippen molar-refractivity contribution < 1.29 is 13.9 Å². The summed E-state index contributed by atoms with van der Waals surface area (Å²) >= 11 is 0. The molecule has 3 nitrogen and oxygen atoms in total. The van der Waals surface area contributed by atoms with Crippen molar-refractivity contribution in [2.75, 3.05) is 19.8 Å². The van der Waals surface area contributed by atoms with E-state index in [0.29, 0.717) is 25.3 Å².